The van der Waals surface area contributed by atoms with Crippen molar-refractivity contribution in [2.24, 2.45) is 0 Å². The van der Waals surface area contributed by atoms with Crippen molar-refractivity contribution in [1.29, 1.82) is 0 Å². The van der Waals surface area contributed by atoms with Gasteiger partial charge in [-0.3, -0.25) is 19.5 Å². The van der Waals surface area contributed by atoms with Gasteiger partial charge in [0.05, 0.1) is 54.4 Å². The summed E-state index contributed by atoms with van der Waals surface area (Å²) in [6.45, 7) is 0. The first kappa shape index (κ1) is 27.0. The number of thiazole rings is 1. The maximum Gasteiger partial charge on any atom is 0.271 e. The van der Waals surface area contributed by atoms with Gasteiger partial charge < -0.3 is 19.5 Å². The average Bonchev–Trinajstić information content (AvgIpc) is 3.59. The molecule has 0 saturated carbocycles. The Hall–Kier alpha value is -4.62. The highest BCUT2D eigenvalue weighted by Crippen LogP contribution is 2.35. The van der Waals surface area contributed by atoms with E-state index in [4.69, 9.17) is 14.2 Å². The van der Waals surface area contributed by atoms with E-state index in [1.807, 2.05) is 46.3 Å². The third kappa shape index (κ3) is 5.42. The Balaban J connectivity index is 1.37. The second-order valence-corrected chi connectivity index (χ2v) is 10.1. The van der Waals surface area contributed by atoms with Gasteiger partial charge in [-0.25, -0.2) is 9.97 Å². The van der Waals surface area contributed by atoms with Gasteiger partial charge in [-0.05, 0) is 36.4 Å². The van der Waals surface area contributed by atoms with Crippen LogP contribution in [0.5, 0.6) is 17.2 Å². The lowest BCUT2D eigenvalue weighted by molar-refractivity contribution is -0.384. The van der Waals surface area contributed by atoms with E-state index in [0.717, 1.165) is 5.56 Å². The minimum absolute atomic E-state index is 0.0336. The summed E-state index contributed by atoms with van der Waals surface area (Å²) in [5, 5.41) is 16.9. The molecule has 1 N–H and O–H groups in total. The molecular formula is C27H23N5O6S2. The number of non-ortho nitro benzene ring substituents is 1. The summed E-state index contributed by atoms with van der Waals surface area (Å²) in [7, 11) is 4.70. The Morgan fingerprint density at radius 1 is 1.00 bits per heavy atom. The fourth-order valence-electron chi connectivity index (χ4n) is 4.05. The number of carbonyl (C=O) groups is 1. The third-order valence-corrected chi connectivity index (χ3v) is 7.60. The summed E-state index contributed by atoms with van der Waals surface area (Å²) in [5.74, 6) is 1.55. The number of benzene rings is 3. The van der Waals surface area contributed by atoms with Gasteiger partial charge in [0.1, 0.15) is 5.75 Å². The molecule has 0 fully saturated rings. The molecule has 0 unspecified atom stereocenters. The van der Waals surface area contributed by atoms with Gasteiger partial charge in [0.15, 0.2) is 21.8 Å². The standard InChI is InChI=1S/C27H23N5O6S2/c1-36-22-7-5-4-6-21(22)31-20-10-9-17(32(34)35)13-18(20)29-27(31)40-15-25(33)30-26-28-19(14-39-26)16-8-11-23(37-2)24(12-16)38-3/h4-14H,15H2,1-3H3,(H,28,30,33). The van der Waals surface area contributed by atoms with Crippen molar-refractivity contribution in [2.45, 2.75) is 5.16 Å². The molecule has 5 aromatic rings. The molecule has 13 heteroatoms. The maximum absolute atomic E-state index is 12.9. The quantitative estimate of drug-likeness (QED) is 0.124. The molecule has 0 spiro atoms. The number of imidazole rings is 1. The lowest BCUT2D eigenvalue weighted by atomic mass is 10.1. The molecule has 0 radical (unpaired) electrons. The summed E-state index contributed by atoms with van der Waals surface area (Å²) < 4.78 is 18.0. The van der Waals surface area contributed by atoms with E-state index in [1.165, 1.54) is 35.2 Å². The van der Waals surface area contributed by atoms with Gasteiger partial charge in [-0.1, -0.05) is 23.9 Å². The van der Waals surface area contributed by atoms with Crippen molar-refractivity contribution < 1.29 is 23.9 Å². The highest BCUT2D eigenvalue weighted by Gasteiger charge is 2.20. The summed E-state index contributed by atoms with van der Waals surface area (Å²) in [6.07, 6.45) is 0. The van der Waals surface area contributed by atoms with Crippen LogP contribution >= 0.6 is 23.1 Å². The number of carbonyl (C=O) groups excluding carboxylic acids is 1. The summed E-state index contributed by atoms with van der Waals surface area (Å²) in [4.78, 5) is 32.9. The zero-order valence-electron chi connectivity index (χ0n) is 21.6. The van der Waals surface area contributed by atoms with E-state index in [2.05, 4.69) is 15.3 Å². The second-order valence-electron chi connectivity index (χ2n) is 8.28. The number of nitro groups is 1. The second kappa shape index (κ2) is 11.6. The number of nitrogens with zero attached hydrogens (tertiary/aromatic N) is 4. The largest absolute Gasteiger partial charge is 0.495 e. The van der Waals surface area contributed by atoms with E-state index in [0.29, 0.717) is 50.0 Å². The number of hydrogen-bond acceptors (Lipinski definition) is 10. The number of amides is 1. The van der Waals surface area contributed by atoms with E-state index in [-0.39, 0.29) is 17.3 Å². The van der Waals surface area contributed by atoms with Crippen LogP contribution in [0.4, 0.5) is 10.8 Å². The van der Waals surface area contributed by atoms with E-state index in [1.54, 1.807) is 33.5 Å². The van der Waals surface area contributed by atoms with E-state index < -0.39 is 4.92 Å². The smallest absolute Gasteiger partial charge is 0.271 e. The molecule has 1 amide bonds. The molecule has 0 saturated heterocycles. The Morgan fingerprint density at radius 2 is 1.77 bits per heavy atom. The number of nitro benzene ring substituents is 1. The fraction of sp³-hybridized carbons (Fsp3) is 0.148. The normalized spacial score (nSPS) is 10.9. The number of anilines is 1. The van der Waals surface area contributed by atoms with Gasteiger partial charge in [0, 0.05) is 23.1 Å². The Morgan fingerprint density at radius 3 is 2.52 bits per heavy atom. The molecule has 0 atom stereocenters. The number of nitrogens with one attached hydrogen (secondary N) is 1. The number of thioether (sulfide) groups is 1. The monoisotopic (exact) mass is 577 g/mol. The molecule has 2 aromatic heterocycles. The predicted octanol–water partition coefficient (Wildman–Crippen LogP) is 5.81. The van der Waals surface area contributed by atoms with Crippen molar-refractivity contribution in [3.63, 3.8) is 0 Å². The number of hydrogen-bond donors (Lipinski definition) is 1. The lowest BCUT2D eigenvalue weighted by Crippen LogP contribution is -2.14. The Labute approximate surface area is 236 Å². The van der Waals surface area contributed by atoms with Crippen LogP contribution in [0.3, 0.4) is 0 Å². The van der Waals surface area contributed by atoms with Crippen LogP contribution in [0.1, 0.15) is 0 Å². The van der Waals surface area contributed by atoms with Crippen LogP contribution in [0, 0.1) is 10.1 Å². The maximum atomic E-state index is 12.9. The first-order valence-corrected chi connectivity index (χ1v) is 13.7. The topological polar surface area (TPSA) is 131 Å². The number of fused-ring (bicyclic) bond motifs is 1. The number of para-hydroxylation sites is 2. The molecule has 0 aliphatic rings. The number of methoxy groups -OCH3 is 3. The van der Waals surface area contributed by atoms with Gasteiger partial charge in [-0.2, -0.15) is 0 Å². The molecule has 2 heterocycles. The van der Waals surface area contributed by atoms with Crippen LogP contribution in [0.15, 0.2) is 71.2 Å². The highest BCUT2D eigenvalue weighted by molar-refractivity contribution is 7.99. The average molecular weight is 578 g/mol. The van der Waals surface area contributed by atoms with E-state index >= 15 is 0 Å². The minimum atomic E-state index is -0.466. The summed E-state index contributed by atoms with van der Waals surface area (Å²) in [5.41, 5.74) is 3.22. The molecule has 40 heavy (non-hydrogen) atoms. The number of rotatable bonds is 10. The van der Waals surface area contributed by atoms with Gasteiger partial charge in [-0.15, -0.1) is 11.3 Å². The van der Waals surface area contributed by atoms with Crippen molar-refractivity contribution >= 4 is 50.9 Å². The number of aromatic nitrogens is 3. The number of ether oxygens (including phenoxy) is 3. The van der Waals surface area contributed by atoms with Crippen LogP contribution < -0.4 is 19.5 Å². The van der Waals surface area contributed by atoms with Gasteiger partial charge in [0.25, 0.3) is 5.69 Å². The minimum Gasteiger partial charge on any atom is -0.495 e. The molecular weight excluding hydrogens is 554 g/mol. The van der Waals surface area contributed by atoms with Crippen molar-refractivity contribution in [3.8, 4) is 34.2 Å². The van der Waals surface area contributed by atoms with Crippen molar-refractivity contribution in [3.05, 3.63) is 76.2 Å². The molecule has 204 valence electrons. The zero-order chi connectivity index (χ0) is 28.2. The van der Waals surface area contributed by atoms with Gasteiger partial charge >= 0.3 is 0 Å². The zero-order valence-corrected chi connectivity index (χ0v) is 23.2. The fourth-order valence-corrected chi connectivity index (χ4v) is 5.61. The van der Waals surface area contributed by atoms with Gasteiger partial charge in [0.2, 0.25) is 5.91 Å². The van der Waals surface area contributed by atoms with Crippen molar-refractivity contribution in [1.82, 2.24) is 14.5 Å². The molecule has 0 aliphatic carbocycles. The highest BCUT2D eigenvalue weighted by atomic mass is 32.2. The molecule has 0 bridgehead atoms. The SMILES string of the molecule is COc1ccc(-c2csc(NC(=O)CSc3nc4cc([N+](=O)[O-])ccc4n3-c3ccccc3OC)n2)cc1OC. The van der Waals surface area contributed by atoms with Crippen molar-refractivity contribution in [2.75, 3.05) is 32.4 Å². The van der Waals surface area contributed by atoms with Crippen LogP contribution in [0.2, 0.25) is 0 Å². The van der Waals surface area contributed by atoms with Crippen LogP contribution in [-0.4, -0.2) is 52.4 Å². The Kier molecular flexibility index (Phi) is 7.84. The predicted molar refractivity (Wildman–Crippen MR) is 154 cm³/mol. The Bertz CT molecular complexity index is 1720. The van der Waals surface area contributed by atoms with E-state index in [9.17, 15) is 14.9 Å². The molecule has 3 aromatic carbocycles. The first-order chi connectivity index (χ1) is 19.4. The lowest BCUT2D eigenvalue weighted by Gasteiger charge is -2.12. The van der Waals surface area contributed by atoms with Crippen LogP contribution in [-0.2, 0) is 4.79 Å². The van der Waals surface area contributed by atoms with Crippen LogP contribution in [0.25, 0.3) is 28.0 Å². The summed E-state index contributed by atoms with van der Waals surface area (Å²) in [6, 6.07) is 17.3. The molecule has 0 aliphatic heterocycles. The first-order valence-electron chi connectivity index (χ1n) is 11.8. The molecule has 11 nitrogen and oxygen atoms in total. The molecule has 5 rings (SSSR count). The summed E-state index contributed by atoms with van der Waals surface area (Å²) >= 11 is 2.51. The third-order valence-electron chi connectivity index (χ3n) is 5.91.